The molecule has 26 heavy (non-hydrogen) atoms. The predicted molar refractivity (Wildman–Crippen MR) is 104 cm³/mol. The van der Waals surface area contributed by atoms with Gasteiger partial charge < -0.3 is 15.0 Å². The molecule has 0 bridgehead atoms. The van der Waals surface area contributed by atoms with Crippen molar-refractivity contribution in [1.29, 1.82) is 0 Å². The van der Waals surface area contributed by atoms with Gasteiger partial charge in [0.05, 0.1) is 0 Å². The van der Waals surface area contributed by atoms with Gasteiger partial charge in [-0.3, -0.25) is 4.79 Å². The number of carbonyl (C=O) groups excluding carboxylic acids is 1. The summed E-state index contributed by atoms with van der Waals surface area (Å²) in [5, 5.41) is 4.99. The SMILES string of the molecule is Cc1ccc(OCC(=O)NC2CCc3[nH]c4ccc(Cl)cc4c3C2)cc1. The van der Waals surface area contributed by atoms with E-state index < -0.39 is 0 Å². The lowest BCUT2D eigenvalue weighted by Gasteiger charge is -2.23. The number of aromatic amines is 1. The summed E-state index contributed by atoms with van der Waals surface area (Å²) in [5.41, 5.74) is 4.79. The lowest BCUT2D eigenvalue weighted by atomic mass is 9.91. The number of benzene rings is 2. The Kier molecular flexibility index (Phi) is 4.60. The summed E-state index contributed by atoms with van der Waals surface area (Å²) in [6.07, 6.45) is 2.65. The number of ether oxygens (including phenoxy) is 1. The van der Waals surface area contributed by atoms with Crippen molar-refractivity contribution < 1.29 is 9.53 Å². The van der Waals surface area contributed by atoms with Gasteiger partial charge in [-0.1, -0.05) is 29.3 Å². The molecule has 2 aromatic carbocycles. The molecule has 0 aliphatic heterocycles. The molecule has 1 heterocycles. The van der Waals surface area contributed by atoms with Crippen LogP contribution in [0.2, 0.25) is 5.02 Å². The fourth-order valence-corrected chi connectivity index (χ4v) is 3.74. The topological polar surface area (TPSA) is 54.1 Å². The lowest BCUT2D eigenvalue weighted by Crippen LogP contribution is -2.41. The highest BCUT2D eigenvalue weighted by atomic mass is 35.5. The maximum absolute atomic E-state index is 12.3. The third-order valence-electron chi connectivity index (χ3n) is 4.91. The van der Waals surface area contributed by atoms with Crippen molar-refractivity contribution in [3.63, 3.8) is 0 Å². The molecule has 134 valence electrons. The number of fused-ring (bicyclic) bond motifs is 3. The largest absolute Gasteiger partial charge is 0.484 e. The summed E-state index contributed by atoms with van der Waals surface area (Å²) in [6.45, 7) is 2.05. The number of aromatic nitrogens is 1. The Bertz CT molecular complexity index is 947. The number of amides is 1. The van der Waals surface area contributed by atoms with Gasteiger partial charge in [-0.15, -0.1) is 0 Å². The molecule has 0 radical (unpaired) electrons. The molecule has 3 aromatic rings. The van der Waals surface area contributed by atoms with E-state index in [9.17, 15) is 4.79 Å². The van der Waals surface area contributed by atoms with Crippen LogP contribution in [0.4, 0.5) is 0 Å². The van der Waals surface area contributed by atoms with Crippen molar-refractivity contribution in [3.8, 4) is 5.75 Å². The molecular formula is C21H21ClN2O2. The average Bonchev–Trinajstić information content (AvgIpc) is 2.98. The molecule has 1 aliphatic carbocycles. The molecule has 5 heteroatoms. The van der Waals surface area contributed by atoms with Crippen LogP contribution in [0, 0.1) is 6.92 Å². The van der Waals surface area contributed by atoms with Gasteiger partial charge in [0.1, 0.15) is 5.75 Å². The number of hydrogen-bond donors (Lipinski definition) is 2. The van der Waals surface area contributed by atoms with Gasteiger partial charge in [0.15, 0.2) is 6.61 Å². The van der Waals surface area contributed by atoms with Gasteiger partial charge in [-0.05, 0) is 62.1 Å². The average molecular weight is 369 g/mol. The molecule has 2 N–H and O–H groups in total. The van der Waals surface area contributed by atoms with Gasteiger partial charge in [0.2, 0.25) is 0 Å². The van der Waals surface area contributed by atoms with Gasteiger partial charge in [-0.2, -0.15) is 0 Å². The maximum atomic E-state index is 12.3. The van der Waals surface area contributed by atoms with E-state index in [0.717, 1.165) is 35.2 Å². The number of aryl methyl sites for hydroxylation is 2. The number of nitrogens with one attached hydrogen (secondary N) is 2. The molecule has 1 aromatic heterocycles. The number of H-pyrrole nitrogens is 1. The second-order valence-electron chi connectivity index (χ2n) is 6.88. The van der Waals surface area contributed by atoms with Crippen molar-refractivity contribution in [3.05, 3.63) is 64.3 Å². The summed E-state index contributed by atoms with van der Waals surface area (Å²) in [7, 11) is 0. The minimum Gasteiger partial charge on any atom is -0.484 e. The summed E-state index contributed by atoms with van der Waals surface area (Å²) in [4.78, 5) is 15.7. The summed E-state index contributed by atoms with van der Waals surface area (Å²) in [6, 6.07) is 13.7. The zero-order chi connectivity index (χ0) is 18.1. The number of carbonyl (C=O) groups is 1. The Morgan fingerprint density at radius 3 is 2.88 bits per heavy atom. The van der Waals surface area contributed by atoms with Crippen molar-refractivity contribution in [2.45, 2.75) is 32.2 Å². The summed E-state index contributed by atoms with van der Waals surface area (Å²) >= 11 is 6.15. The van der Waals surface area contributed by atoms with Gasteiger partial charge in [0.25, 0.3) is 5.91 Å². The van der Waals surface area contributed by atoms with Crippen molar-refractivity contribution in [2.24, 2.45) is 0 Å². The molecule has 0 spiro atoms. The number of hydrogen-bond acceptors (Lipinski definition) is 2. The zero-order valence-electron chi connectivity index (χ0n) is 14.6. The molecular weight excluding hydrogens is 348 g/mol. The lowest BCUT2D eigenvalue weighted by molar-refractivity contribution is -0.123. The number of rotatable bonds is 4. The van der Waals surface area contributed by atoms with Crippen LogP contribution < -0.4 is 10.1 Å². The quantitative estimate of drug-likeness (QED) is 0.725. The first-order valence-corrected chi connectivity index (χ1v) is 9.24. The highest BCUT2D eigenvalue weighted by Crippen LogP contribution is 2.31. The minimum absolute atomic E-state index is 0.0339. The van der Waals surface area contributed by atoms with E-state index in [-0.39, 0.29) is 18.6 Å². The highest BCUT2D eigenvalue weighted by molar-refractivity contribution is 6.31. The van der Waals surface area contributed by atoms with Crippen LogP contribution in [0.3, 0.4) is 0 Å². The second kappa shape index (κ2) is 7.04. The number of halogens is 1. The summed E-state index contributed by atoms with van der Waals surface area (Å²) < 4.78 is 5.57. The van der Waals surface area contributed by atoms with Crippen molar-refractivity contribution in [2.75, 3.05) is 6.61 Å². The van der Waals surface area contributed by atoms with E-state index in [1.165, 1.54) is 16.8 Å². The van der Waals surface area contributed by atoms with Crippen LogP contribution in [0.15, 0.2) is 42.5 Å². The second-order valence-corrected chi connectivity index (χ2v) is 7.32. The fourth-order valence-electron chi connectivity index (χ4n) is 3.57. The Morgan fingerprint density at radius 2 is 2.08 bits per heavy atom. The van der Waals surface area contributed by atoms with Crippen molar-refractivity contribution in [1.82, 2.24) is 10.3 Å². The Balaban J connectivity index is 1.39. The van der Waals surface area contributed by atoms with Crippen LogP contribution in [-0.2, 0) is 17.6 Å². The van der Waals surface area contributed by atoms with Crippen molar-refractivity contribution >= 4 is 28.4 Å². The maximum Gasteiger partial charge on any atom is 0.258 e. The highest BCUT2D eigenvalue weighted by Gasteiger charge is 2.23. The Hall–Kier alpha value is -2.46. The smallest absolute Gasteiger partial charge is 0.258 e. The van der Waals surface area contributed by atoms with Gasteiger partial charge >= 0.3 is 0 Å². The molecule has 0 saturated heterocycles. The Labute approximate surface area is 157 Å². The first-order chi connectivity index (χ1) is 12.6. The predicted octanol–water partition coefficient (Wildman–Crippen LogP) is 4.18. The zero-order valence-corrected chi connectivity index (χ0v) is 15.4. The van der Waals surface area contributed by atoms with E-state index in [2.05, 4.69) is 10.3 Å². The van der Waals surface area contributed by atoms with E-state index in [1.54, 1.807) is 0 Å². The molecule has 1 unspecified atom stereocenters. The first-order valence-electron chi connectivity index (χ1n) is 8.86. The fraction of sp³-hybridized carbons (Fsp3) is 0.286. The van der Waals surface area contributed by atoms with Gasteiger partial charge in [0, 0.05) is 27.7 Å². The normalized spacial score (nSPS) is 16.3. The Morgan fingerprint density at radius 1 is 1.27 bits per heavy atom. The molecule has 0 fully saturated rings. The molecule has 1 aliphatic rings. The molecule has 1 atom stereocenters. The van der Waals surface area contributed by atoms with E-state index in [0.29, 0.717) is 5.75 Å². The molecule has 1 amide bonds. The molecule has 0 saturated carbocycles. The van der Waals surface area contributed by atoms with Crippen LogP contribution in [0.25, 0.3) is 10.9 Å². The molecule has 4 nitrogen and oxygen atoms in total. The van der Waals surface area contributed by atoms with E-state index >= 15 is 0 Å². The third-order valence-corrected chi connectivity index (χ3v) is 5.14. The van der Waals surface area contributed by atoms with Crippen LogP contribution in [0.1, 0.15) is 23.2 Å². The first kappa shape index (κ1) is 17.0. The van der Waals surface area contributed by atoms with E-state index in [4.69, 9.17) is 16.3 Å². The summed E-state index contributed by atoms with van der Waals surface area (Å²) in [5.74, 6) is 0.625. The standard InChI is InChI=1S/C21H21ClN2O2/c1-13-2-6-16(7-3-13)26-12-21(25)23-15-5-9-20-18(11-15)17-10-14(22)4-8-19(17)24-20/h2-4,6-8,10,15,24H,5,9,11-12H2,1H3,(H,23,25). The minimum atomic E-state index is -0.0862. The van der Waals surface area contributed by atoms with Crippen LogP contribution in [0.5, 0.6) is 5.75 Å². The molecule has 4 rings (SSSR count). The third kappa shape index (κ3) is 3.56. The monoisotopic (exact) mass is 368 g/mol. The van der Waals surface area contributed by atoms with Crippen LogP contribution >= 0.6 is 11.6 Å². The van der Waals surface area contributed by atoms with Crippen LogP contribution in [-0.4, -0.2) is 23.5 Å². The van der Waals surface area contributed by atoms with Gasteiger partial charge in [-0.25, -0.2) is 0 Å². The van der Waals surface area contributed by atoms with E-state index in [1.807, 2.05) is 49.4 Å².